The van der Waals surface area contributed by atoms with Crippen molar-refractivity contribution in [2.75, 3.05) is 6.54 Å². The van der Waals surface area contributed by atoms with Gasteiger partial charge in [0.15, 0.2) is 0 Å². The lowest BCUT2D eigenvalue weighted by atomic mass is 10.5. The first-order valence-corrected chi connectivity index (χ1v) is 3.41. The highest BCUT2D eigenvalue weighted by molar-refractivity contribution is 5.89. The van der Waals surface area contributed by atoms with Gasteiger partial charge >= 0.3 is 11.9 Å². The Morgan fingerprint density at radius 2 is 1.57 bits per heavy atom. The summed E-state index contributed by atoms with van der Waals surface area (Å²) in [5, 5.41) is 17.7. The number of amides is 1. The number of carbonyl (C=O) groups excluding carboxylic acids is 1. The largest absolute Gasteiger partial charge is 0.480 e. The number of hydrogen-bond acceptors (Lipinski definition) is 3. The highest BCUT2D eigenvalue weighted by atomic mass is 16.4. The third-order valence-electron chi connectivity index (χ3n) is 0.774. The van der Waals surface area contributed by atoms with Crippen LogP contribution in [0.25, 0.3) is 0 Å². The van der Waals surface area contributed by atoms with Crippen LogP contribution >= 0.6 is 0 Å². The maximum atomic E-state index is 10.2. The predicted octanol–water partition coefficient (Wildman–Crippen LogP) is -0.370. The molecule has 0 atom stereocenters. The predicted molar refractivity (Wildman–Crippen MR) is 48.7 cm³/mol. The van der Waals surface area contributed by atoms with Crippen molar-refractivity contribution in [3.63, 3.8) is 0 Å². The zero-order valence-corrected chi connectivity index (χ0v) is 7.40. The summed E-state index contributed by atoms with van der Waals surface area (Å²) in [5.74, 6) is -2.52. The molecule has 0 rings (SSSR count). The van der Waals surface area contributed by atoms with Crippen LogP contribution in [0.2, 0.25) is 0 Å². The summed E-state index contributed by atoms with van der Waals surface area (Å²) in [6.07, 6.45) is 1.85. The summed E-state index contributed by atoms with van der Waals surface area (Å²) in [4.78, 5) is 29.2. The van der Waals surface area contributed by atoms with E-state index in [2.05, 4.69) is 18.5 Å². The molecule has 0 heterocycles. The molecule has 0 unspecified atom stereocenters. The van der Waals surface area contributed by atoms with Crippen molar-refractivity contribution in [1.82, 2.24) is 5.32 Å². The molecule has 0 radical (unpaired) electrons. The Bertz CT molecular complexity index is 246. The lowest BCUT2D eigenvalue weighted by molar-refractivity contribution is -0.137. The topological polar surface area (TPSA) is 104 Å². The van der Waals surface area contributed by atoms with E-state index in [1.807, 2.05) is 0 Å². The molecule has 0 saturated heterocycles. The number of nitrogens with one attached hydrogen (secondary N) is 1. The van der Waals surface area contributed by atoms with Crippen LogP contribution < -0.4 is 5.32 Å². The molecule has 0 spiro atoms. The average Bonchev–Trinajstić information content (AvgIpc) is 2.14. The van der Waals surface area contributed by atoms with Crippen molar-refractivity contribution in [1.29, 1.82) is 0 Å². The van der Waals surface area contributed by atoms with E-state index in [9.17, 15) is 14.4 Å². The Hall–Kier alpha value is -2.11. The van der Waals surface area contributed by atoms with Gasteiger partial charge in [-0.3, -0.25) is 9.59 Å². The van der Waals surface area contributed by atoms with Gasteiger partial charge in [0.2, 0.25) is 5.91 Å². The number of carbonyl (C=O) groups is 3. The van der Waals surface area contributed by atoms with Crippen molar-refractivity contribution in [2.45, 2.75) is 0 Å². The van der Waals surface area contributed by atoms with Crippen molar-refractivity contribution in [2.24, 2.45) is 0 Å². The van der Waals surface area contributed by atoms with E-state index in [-0.39, 0.29) is 6.54 Å². The summed E-state index contributed by atoms with van der Waals surface area (Å²) < 4.78 is 0. The lowest BCUT2D eigenvalue weighted by Gasteiger charge is -1.93. The van der Waals surface area contributed by atoms with Crippen LogP contribution in [-0.2, 0) is 14.4 Å². The van der Waals surface area contributed by atoms with Crippen LogP contribution in [0.3, 0.4) is 0 Å². The van der Waals surface area contributed by atoms with Gasteiger partial charge in [-0.2, -0.15) is 0 Å². The first-order chi connectivity index (χ1) is 6.43. The molecule has 1 amide bonds. The molecule has 0 saturated carbocycles. The van der Waals surface area contributed by atoms with Crippen molar-refractivity contribution in [3.8, 4) is 0 Å². The molecule has 0 aliphatic rings. The summed E-state index contributed by atoms with van der Waals surface area (Å²) >= 11 is 0. The van der Waals surface area contributed by atoms with Crippen molar-refractivity contribution >= 4 is 17.8 Å². The van der Waals surface area contributed by atoms with Gasteiger partial charge in [0.05, 0.1) is 0 Å². The van der Waals surface area contributed by atoms with Crippen molar-refractivity contribution < 1.29 is 24.6 Å². The molecular weight excluding hydrogens is 190 g/mol. The van der Waals surface area contributed by atoms with Crippen LogP contribution in [-0.4, -0.2) is 34.6 Å². The minimum absolute atomic E-state index is 0.356. The third-order valence-corrected chi connectivity index (χ3v) is 0.774. The fourth-order valence-corrected chi connectivity index (χ4v) is 0.235. The molecule has 0 aromatic carbocycles. The maximum Gasteiger partial charge on any atom is 0.327 e. The minimum atomic E-state index is -1.06. The molecule has 14 heavy (non-hydrogen) atoms. The summed E-state index contributed by atoms with van der Waals surface area (Å²) in [6, 6.07) is 0. The third kappa shape index (κ3) is 16.5. The zero-order valence-electron chi connectivity index (χ0n) is 7.40. The molecule has 0 aliphatic carbocycles. The SMILES string of the molecule is C=CC(=O)NCC(=O)O.C=CC(=O)O. The van der Waals surface area contributed by atoms with Gasteiger partial charge in [-0.15, -0.1) is 0 Å². The van der Waals surface area contributed by atoms with E-state index in [1.165, 1.54) is 0 Å². The number of carboxylic acid groups (broad SMARTS) is 2. The Morgan fingerprint density at radius 3 is 1.79 bits per heavy atom. The maximum absolute atomic E-state index is 10.2. The lowest BCUT2D eigenvalue weighted by Crippen LogP contribution is -2.27. The van der Waals surface area contributed by atoms with Gasteiger partial charge in [-0.1, -0.05) is 13.2 Å². The van der Waals surface area contributed by atoms with E-state index in [4.69, 9.17) is 10.2 Å². The molecule has 78 valence electrons. The Balaban J connectivity index is 0. The zero-order chi connectivity index (χ0) is 11.6. The fourth-order valence-electron chi connectivity index (χ4n) is 0.235. The Kier molecular flexibility index (Phi) is 9.25. The van der Waals surface area contributed by atoms with Crippen LogP contribution in [0.5, 0.6) is 0 Å². The van der Waals surface area contributed by atoms with Gasteiger partial charge in [0, 0.05) is 6.08 Å². The van der Waals surface area contributed by atoms with Gasteiger partial charge in [0.25, 0.3) is 0 Å². The molecule has 6 heteroatoms. The van der Waals surface area contributed by atoms with E-state index in [0.29, 0.717) is 0 Å². The molecule has 3 N–H and O–H groups in total. The van der Waals surface area contributed by atoms with Crippen LogP contribution in [0.1, 0.15) is 0 Å². The van der Waals surface area contributed by atoms with Gasteiger partial charge in [-0.05, 0) is 6.08 Å². The van der Waals surface area contributed by atoms with Gasteiger partial charge < -0.3 is 15.5 Å². The number of rotatable bonds is 4. The first-order valence-electron chi connectivity index (χ1n) is 3.41. The molecular formula is C8H11NO5. The second-order valence-corrected chi connectivity index (χ2v) is 1.86. The van der Waals surface area contributed by atoms with Gasteiger partial charge in [0.1, 0.15) is 6.54 Å². The van der Waals surface area contributed by atoms with Gasteiger partial charge in [-0.25, -0.2) is 4.79 Å². The van der Waals surface area contributed by atoms with Crippen LogP contribution in [0.15, 0.2) is 25.3 Å². The number of hydrogen-bond donors (Lipinski definition) is 3. The summed E-state index contributed by atoms with van der Waals surface area (Å²) in [6.45, 7) is 5.74. The molecule has 0 aromatic heterocycles. The average molecular weight is 201 g/mol. The Labute approximate surface area is 80.5 Å². The second-order valence-electron chi connectivity index (χ2n) is 1.86. The van der Waals surface area contributed by atoms with Crippen molar-refractivity contribution in [3.05, 3.63) is 25.3 Å². The number of aliphatic carboxylic acids is 2. The molecule has 0 fully saturated rings. The van der Waals surface area contributed by atoms with Crippen LogP contribution in [0, 0.1) is 0 Å². The molecule has 0 aliphatic heterocycles. The van der Waals surface area contributed by atoms with Crippen LogP contribution in [0.4, 0.5) is 0 Å². The monoisotopic (exact) mass is 201 g/mol. The Morgan fingerprint density at radius 1 is 1.14 bits per heavy atom. The van der Waals surface area contributed by atoms with E-state index < -0.39 is 17.8 Å². The standard InChI is InChI=1S/C5H7NO3.C3H4O2/c1-2-4(7)6-3-5(8)9;1-2-3(4)5/h2H,1,3H2,(H,6,7)(H,8,9);2H,1H2,(H,4,5). The fraction of sp³-hybridized carbons (Fsp3) is 0.125. The minimum Gasteiger partial charge on any atom is -0.480 e. The smallest absolute Gasteiger partial charge is 0.327 e. The summed E-state index contributed by atoms with van der Waals surface area (Å²) in [5.41, 5.74) is 0. The number of carboxylic acids is 2. The quantitative estimate of drug-likeness (QED) is 0.538. The highest BCUT2D eigenvalue weighted by Crippen LogP contribution is 1.65. The van der Waals surface area contributed by atoms with E-state index in [1.54, 1.807) is 0 Å². The van der Waals surface area contributed by atoms with E-state index in [0.717, 1.165) is 12.2 Å². The normalized spacial score (nSPS) is 7.43. The molecule has 0 bridgehead atoms. The molecule has 6 nitrogen and oxygen atoms in total. The first kappa shape index (κ1) is 14.4. The molecule has 0 aromatic rings. The summed E-state index contributed by atoms with van der Waals surface area (Å²) in [7, 11) is 0. The van der Waals surface area contributed by atoms with E-state index >= 15 is 0 Å². The highest BCUT2D eigenvalue weighted by Gasteiger charge is 1.96. The second kappa shape index (κ2) is 8.98.